The fourth-order valence-corrected chi connectivity index (χ4v) is 2.77. The van der Waals surface area contributed by atoms with Crippen LogP contribution in [0, 0.1) is 6.92 Å². The highest BCUT2D eigenvalue weighted by Crippen LogP contribution is 2.18. The zero-order valence-corrected chi connectivity index (χ0v) is 10.6. The van der Waals surface area contributed by atoms with Gasteiger partial charge in [-0.15, -0.1) is 11.3 Å². The summed E-state index contributed by atoms with van der Waals surface area (Å²) in [5, 5.41) is 3.24. The summed E-state index contributed by atoms with van der Waals surface area (Å²) in [5.74, 6) is 0. The Labute approximate surface area is 101 Å². The van der Waals surface area contributed by atoms with Crippen LogP contribution < -0.4 is 5.73 Å². The van der Waals surface area contributed by atoms with Crippen LogP contribution in [0.1, 0.15) is 36.4 Å². The highest BCUT2D eigenvalue weighted by atomic mass is 32.1. The average Bonchev–Trinajstić information content (AvgIpc) is 2.87. The van der Waals surface area contributed by atoms with Gasteiger partial charge in [-0.1, -0.05) is 0 Å². The maximum absolute atomic E-state index is 6.10. The summed E-state index contributed by atoms with van der Waals surface area (Å²) in [7, 11) is 0. The molecule has 1 fully saturated rings. The lowest BCUT2D eigenvalue weighted by molar-refractivity contribution is 0.101. The van der Waals surface area contributed by atoms with E-state index in [1.807, 2.05) is 6.92 Å². The van der Waals surface area contributed by atoms with Crippen molar-refractivity contribution in [1.82, 2.24) is 4.98 Å². The summed E-state index contributed by atoms with van der Waals surface area (Å²) < 4.78 is 5.59. The Kier molecular flexibility index (Phi) is 4.32. The molecule has 0 aromatic carbocycles. The first kappa shape index (κ1) is 12.0. The van der Waals surface area contributed by atoms with Gasteiger partial charge in [-0.3, -0.25) is 0 Å². The minimum absolute atomic E-state index is 0.227. The Morgan fingerprint density at radius 3 is 3.19 bits per heavy atom. The van der Waals surface area contributed by atoms with Gasteiger partial charge in [0.1, 0.15) is 0 Å². The van der Waals surface area contributed by atoms with Crippen molar-refractivity contribution >= 4 is 11.3 Å². The van der Waals surface area contributed by atoms with Crippen LogP contribution in [0.15, 0.2) is 5.38 Å². The maximum Gasteiger partial charge on any atom is 0.0897 e. The summed E-state index contributed by atoms with van der Waals surface area (Å²) >= 11 is 1.70. The largest absolute Gasteiger partial charge is 0.378 e. The van der Waals surface area contributed by atoms with Gasteiger partial charge in [0.15, 0.2) is 0 Å². The van der Waals surface area contributed by atoms with Gasteiger partial charge in [0.05, 0.1) is 16.8 Å². The van der Waals surface area contributed by atoms with E-state index >= 15 is 0 Å². The molecule has 0 amide bonds. The molecule has 1 saturated heterocycles. The van der Waals surface area contributed by atoms with Gasteiger partial charge in [0.25, 0.3) is 0 Å². The lowest BCUT2D eigenvalue weighted by Crippen LogP contribution is -2.24. The molecule has 2 heterocycles. The van der Waals surface area contributed by atoms with Crippen LogP contribution in [-0.4, -0.2) is 23.7 Å². The van der Waals surface area contributed by atoms with Crippen LogP contribution in [0.3, 0.4) is 0 Å². The van der Waals surface area contributed by atoms with Crippen molar-refractivity contribution in [2.24, 2.45) is 5.73 Å². The molecule has 16 heavy (non-hydrogen) atoms. The molecule has 3 nitrogen and oxygen atoms in total. The molecule has 1 aromatic rings. The first-order valence-electron chi connectivity index (χ1n) is 6.02. The van der Waals surface area contributed by atoms with Crippen molar-refractivity contribution in [3.8, 4) is 0 Å². The molecule has 0 spiro atoms. The molecular formula is C12H20N2OS. The fraction of sp³-hybridized carbons (Fsp3) is 0.750. The van der Waals surface area contributed by atoms with Crippen molar-refractivity contribution in [2.75, 3.05) is 6.61 Å². The summed E-state index contributed by atoms with van der Waals surface area (Å²) in [6.07, 6.45) is 5.93. The molecule has 4 heteroatoms. The molecule has 0 saturated carbocycles. The number of nitrogens with zero attached hydrogens (tertiary/aromatic N) is 1. The monoisotopic (exact) mass is 240 g/mol. The van der Waals surface area contributed by atoms with Crippen LogP contribution in [0.2, 0.25) is 0 Å². The Bertz CT molecular complexity index is 321. The number of thiazole rings is 1. The van der Waals surface area contributed by atoms with E-state index in [0.29, 0.717) is 6.10 Å². The molecule has 0 bridgehead atoms. The average molecular weight is 240 g/mol. The Morgan fingerprint density at radius 2 is 2.56 bits per heavy atom. The SMILES string of the molecule is Cc1nc(CC(N)CCC2CCCO2)cs1. The third-order valence-corrected chi connectivity index (χ3v) is 3.84. The minimum Gasteiger partial charge on any atom is -0.378 e. The van der Waals surface area contributed by atoms with Gasteiger partial charge < -0.3 is 10.5 Å². The van der Waals surface area contributed by atoms with Crippen molar-refractivity contribution in [2.45, 2.75) is 51.2 Å². The minimum atomic E-state index is 0.227. The number of aromatic nitrogens is 1. The molecule has 1 aromatic heterocycles. The van der Waals surface area contributed by atoms with E-state index in [-0.39, 0.29) is 6.04 Å². The number of rotatable bonds is 5. The third kappa shape index (κ3) is 3.54. The number of nitrogens with two attached hydrogens (primary N) is 1. The van der Waals surface area contributed by atoms with Crippen LogP contribution >= 0.6 is 11.3 Å². The molecule has 2 rings (SSSR count). The van der Waals surface area contributed by atoms with E-state index in [1.165, 1.54) is 12.8 Å². The number of hydrogen-bond acceptors (Lipinski definition) is 4. The number of ether oxygens (including phenoxy) is 1. The third-order valence-electron chi connectivity index (χ3n) is 3.02. The first-order chi connectivity index (χ1) is 7.74. The van der Waals surface area contributed by atoms with E-state index in [1.54, 1.807) is 11.3 Å². The lowest BCUT2D eigenvalue weighted by atomic mass is 10.0. The molecule has 1 aliphatic rings. The predicted octanol–water partition coefficient (Wildman–Crippen LogP) is 2.28. The number of aryl methyl sites for hydroxylation is 1. The van der Waals surface area contributed by atoms with E-state index in [9.17, 15) is 0 Å². The van der Waals surface area contributed by atoms with Gasteiger partial charge in [0, 0.05) is 24.4 Å². The highest BCUT2D eigenvalue weighted by molar-refractivity contribution is 7.09. The summed E-state index contributed by atoms with van der Waals surface area (Å²) in [6.45, 7) is 2.97. The molecule has 2 unspecified atom stereocenters. The van der Waals surface area contributed by atoms with E-state index in [4.69, 9.17) is 10.5 Å². The maximum atomic E-state index is 6.10. The number of hydrogen-bond donors (Lipinski definition) is 1. The molecule has 90 valence electrons. The Hall–Kier alpha value is -0.450. The molecule has 2 atom stereocenters. The fourth-order valence-electron chi connectivity index (χ4n) is 2.14. The van der Waals surface area contributed by atoms with Crippen LogP contribution in [-0.2, 0) is 11.2 Å². The van der Waals surface area contributed by atoms with E-state index in [0.717, 1.165) is 36.6 Å². The van der Waals surface area contributed by atoms with Crippen molar-refractivity contribution in [3.63, 3.8) is 0 Å². The highest BCUT2D eigenvalue weighted by Gasteiger charge is 2.16. The van der Waals surface area contributed by atoms with Crippen LogP contribution in [0.25, 0.3) is 0 Å². The zero-order chi connectivity index (χ0) is 11.4. The summed E-state index contributed by atoms with van der Waals surface area (Å²) in [6, 6.07) is 0.227. The van der Waals surface area contributed by atoms with E-state index < -0.39 is 0 Å². The summed E-state index contributed by atoms with van der Waals surface area (Å²) in [4.78, 5) is 4.44. The molecule has 2 N–H and O–H groups in total. The lowest BCUT2D eigenvalue weighted by Gasteiger charge is -2.13. The van der Waals surface area contributed by atoms with Gasteiger partial charge in [0.2, 0.25) is 0 Å². The smallest absolute Gasteiger partial charge is 0.0897 e. The van der Waals surface area contributed by atoms with E-state index in [2.05, 4.69) is 10.4 Å². The standard InChI is InChI=1S/C12H20N2OS/c1-9-14-11(8-16-9)7-10(13)4-5-12-3-2-6-15-12/h8,10,12H,2-7,13H2,1H3. The van der Waals surface area contributed by atoms with Crippen LogP contribution in [0.4, 0.5) is 0 Å². The first-order valence-corrected chi connectivity index (χ1v) is 6.90. The van der Waals surface area contributed by atoms with Crippen molar-refractivity contribution in [3.05, 3.63) is 16.1 Å². The topological polar surface area (TPSA) is 48.1 Å². The van der Waals surface area contributed by atoms with Crippen LogP contribution in [0.5, 0.6) is 0 Å². The normalized spacial score (nSPS) is 22.5. The van der Waals surface area contributed by atoms with Gasteiger partial charge >= 0.3 is 0 Å². The van der Waals surface area contributed by atoms with Crippen molar-refractivity contribution in [1.29, 1.82) is 0 Å². The molecule has 0 aliphatic carbocycles. The van der Waals surface area contributed by atoms with Gasteiger partial charge in [-0.2, -0.15) is 0 Å². The Morgan fingerprint density at radius 1 is 1.69 bits per heavy atom. The second kappa shape index (κ2) is 5.75. The molecule has 0 radical (unpaired) electrons. The Balaban J connectivity index is 1.69. The molecular weight excluding hydrogens is 220 g/mol. The quantitative estimate of drug-likeness (QED) is 0.859. The van der Waals surface area contributed by atoms with Gasteiger partial charge in [-0.25, -0.2) is 4.98 Å². The second-order valence-corrected chi connectivity index (χ2v) is 5.60. The predicted molar refractivity (Wildman–Crippen MR) is 66.7 cm³/mol. The second-order valence-electron chi connectivity index (χ2n) is 4.53. The zero-order valence-electron chi connectivity index (χ0n) is 9.82. The van der Waals surface area contributed by atoms with Gasteiger partial charge in [-0.05, 0) is 32.6 Å². The summed E-state index contributed by atoms with van der Waals surface area (Å²) in [5.41, 5.74) is 7.24. The molecule has 1 aliphatic heterocycles. The van der Waals surface area contributed by atoms with Crippen molar-refractivity contribution < 1.29 is 4.74 Å².